The smallest absolute Gasteiger partial charge is 1.00 e. The summed E-state index contributed by atoms with van der Waals surface area (Å²) in [6.07, 6.45) is 0. The van der Waals surface area contributed by atoms with E-state index in [1.807, 2.05) is 13.8 Å². The molecule has 0 aliphatic carbocycles. The zero-order valence-electron chi connectivity index (χ0n) is 9.84. The summed E-state index contributed by atoms with van der Waals surface area (Å²) in [5.74, 6) is 0. The molecule has 0 radical (unpaired) electrons. The summed E-state index contributed by atoms with van der Waals surface area (Å²) >= 11 is 0. The Balaban J connectivity index is -0.000000399. The zero-order chi connectivity index (χ0) is 11.1. The van der Waals surface area contributed by atoms with Crippen LogP contribution in [-0.4, -0.2) is 9.85 Å². The van der Waals surface area contributed by atoms with Crippen LogP contribution in [0.3, 0.4) is 0 Å². The molecule has 7 heteroatoms. The maximum atomic E-state index is 10.2. The molecule has 78 valence electrons. The van der Waals surface area contributed by atoms with Gasteiger partial charge in [-0.3, -0.25) is 20.2 Å². The summed E-state index contributed by atoms with van der Waals surface area (Å²) < 4.78 is 0. The van der Waals surface area contributed by atoms with E-state index in [4.69, 9.17) is 0 Å². The van der Waals surface area contributed by atoms with Crippen molar-refractivity contribution in [3.63, 3.8) is 0 Å². The number of rotatable bonds is 2. The molecule has 0 aliphatic rings. The quantitative estimate of drug-likeness (QED) is 0.388. The van der Waals surface area contributed by atoms with Gasteiger partial charge in [-0.2, -0.15) is 0 Å². The molecule has 0 spiro atoms. The molecule has 0 saturated carbocycles. The van der Waals surface area contributed by atoms with E-state index >= 15 is 0 Å². The molecular weight excluding hydrogens is 211 g/mol. The van der Waals surface area contributed by atoms with E-state index in [2.05, 4.69) is 0 Å². The van der Waals surface area contributed by atoms with Crippen LogP contribution in [0.15, 0.2) is 24.3 Å². The number of nitrogens with zero attached hydrogens (tertiary/aromatic N) is 2. The van der Waals surface area contributed by atoms with E-state index in [1.54, 1.807) is 0 Å². The van der Waals surface area contributed by atoms with Gasteiger partial charge in [0.15, 0.2) is 0 Å². The minimum atomic E-state index is -0.780. The van der Waals surface area contributed by atoms with Crippen LogP contribution in [0.5, 0.6) is 0 Å². The predicted octanol–water partition coefficient (Wildman–Crippen LogP) is -0.354. The van der Waals surface area contributed by atoms with Gasteiger partial charge >= 0.3 is 40.9 Å². The van der Waals surface area contributed by atoms with E-state index in [9.17, 15) is 20.2 Å². The maximum Gasteiger partial charge on any atom is 1.00 e. The van der Waals surface area contributed by atoms with Crippen molar-refractivity contribution in [1.29, 1.82) is 0 Å². The summed E-state index contributed by atoms with van der Waals surface area (Å²) in [6.45, 7) is 4.00. The average molecular weight is 222 g/mol. The molecular formula is C8H11N2NaO4. The third kappa shape index (κ3) is 4.87. The summed E-state index contributed by atoms with van der Waals surface area (Å²) in [4.78, 5) is 18.9. The van der Waals surface area contributed by atoms with Crippen LogP contribution < -0.4 is 29.6 Å². The Hall–Kier alpha value is -0.980. The van der Waals surface area contributed by atoms with Crippen molar-refractivity contribution in [2.24, 2.45) is 0 Å². The molecule has 1 aromatic rings. The first-order valence-corrected chi connectivity index (χ1v) is 4.00. The average Bonchev–Trinajstić information content (AvgIpc) is 2.20. The Morgan fingerprint density at radius 2 is 1.27 bits per heavy atom. The molecule has 0 atom stereocenters. The van der Waals surface area contributed by atoms with Gasteiger partial charge in [0.2, 0.25) is 0 Å². The second-order valence-corrected chi connectivity index (χ2v) is 2.00. The number of para-hydroxylation sites is 2. The van der Waals surface area contributed by atoms with Crippen LogP contribution in [0.4, 0.5) is 11.4 Å². The van der Waals surface area contributed by atoms with Crippen molar-refractivity contribution in [2.45, 2.75) is 13.8 Å². The summed E-state index contributed by atoms with van der Waals surface area (Å²) in [5.41, 5.74) is -0.968. The van der Waals surface area contributed by atoms with Crippen molar-refractivity contribution < 1.29 is 40.8 Å². The van der Waals surface area contributed by atoms with E-state index in [-0.39, 0.29) is 31.0 Å². The van der Waals surface area contributed by atoms with Gasteiger partial charge in [0.25, 0.3) is 0 Å². The van der Waals surface area contributed by atoms with Crippen LogP contribution in [0, 0.1) is 20.2 Å². The second-order valence-electron chi connectivity index (χ2n) is 2.00. The van der Waals surface area contributed by atoms with Crippen LogP contribution in [-0.2, 0) is 0 Å². The van der Waals surface area contributed by atoms with Gasteiger partial charge in [0.05, 0.1) is 9.85 Å². The first-order valence-electron chi connectivity index (χ1n) is 4.00. The Morgan fingerprint density at radius 1 is 1.00 bits per heavy atom. The van der Waals surface area contributed by atoms with Crippen LogP contribution >= 0.6 is 0 Å². The third-order valence-corrected chi connectivity index (χ3v) is 1.28. The molecule has 1 aromatic carbocycles. The van der Waals surface area contributed by atoms with Gasteiger partial charge in [-0.15, -0.1) is 0 Å². The van der Waals surface area contributed by atoms with Gasteiger partial charge < -0.3 is 1.43 Å². The van der Waals surface area contributed by atoms with Gasteiger partial charge in [-0.25, -0.2) is 0 Å². The minimum absolute atomic E-state index is 0. The van der Waals surface area contributed by atoms with Gasteiger partial charge in [-0.05, 0) is 0 Å². The molecule has 6 nitrogen and oxygen atoms in total. The number of nitro groups is 2. The van der Waals surface area contributed by atoms with E-state index in [1.165, 1.54) is 12.1 Å². The molecule has 0 aromatic heterocycles. The summed E-state index contributed by atoms with van der Waals surface area (Å²) in [7, 11) is 0. The Bertz CT molecular complexity index is 316. The van der Waals surface area contributed by atoms with Crippen LogP contribution in [0.25, 0.3) is 0 Å². The number of benzene rings is 1. The van der Waals surface area contributed by atoms with E-state index in [0.29, 0.717) is 0 Å². The molecule has 0 heterocycles. The Kier molecular flexibility index (Phi) is 9.14. The standard InChI is InChI=1S/C6H4N2O4.C2H6.Na.H/c9-7(10)5-3-1-2-4-6(5)8(11)12;1-2;;/h1-4H;1-2H3;;/q;;+1;-1. The molecule has 0 fully saturated rings. The second kappa shape index (κ2) is 8.34. The monoisotopic (exact) mass is 222 g/mol. The SMILES string of the molecule is CC.O=[N+]([O-])c1ccccc1[N+](=O)[O-].[H-].[Na+]. The third-order valence-electron chi connectivity index (χ3n) is 1.28. The van der Waals surface area contributed by atoms with Gasteiger partial charge in [-0.1, -0.05) is 26.0 Å². The minimum Gasteiger partial charge on any atom is -1.00 e. The molecule has 0 bridgehead atoms. The first-order chi connectivity index (χ1) is 6.63. The predicted molar refractivity (Wildman–Crippen MR) is 52.2 cm³/mol. The maximum absolute atomic E-state index is 10.2. The van der Waals surface area contributed by atoms with E-state index in [0.717, 1.165) is 12.1 Å². The molecule has 0 saturated heterocycles. The van der Waals surface area contributed by atoms with Gasteiger partial charge in [0, 0.05) is 12.1 Å². The van der Waals surface area contributed by atoms with Crippen molar-refractivity contribution in [3.8, 4) is 0 Å². The van der Waals surface area contributed by atoms with Crippen molar-refractivity contribution >= 4 is 11.4 Å². The summed E-state index contributed by atoms with van der Waals surface area (Å²) in [6, 6.07) is 4.95. The molecule has 0 amide bonds. The fraction of sp³-hybridized carbons (Fsp3) is 0.250. The molecule has 0 aliphatic heterocycles. The van der Waals surface area contributed by atoms with Gasteiger partial charge in [0.1, 0.15) is 0 Å². The van der Waals surface area contributed by atoms with Crippen LogP contribution in [0.1, 0.15) is 15.3 Å². The number of hydrogen-bond acceptors (Lipinski definition) is 4. The van der Waals surface area contributed by atoms with Crippen molar-refractivity contribution in [3.05, 3.63) is 44.5 Å². The van der Waals surface area contributed by atoms with Crippen molar-refractivity contribution in [1.82, 2.24) is 0 Å². The molecule has 0 unspecified atom stereocenters. The Morgan fingerprint density at radius 3 is 1.47 bits per heavy atom. The fourth-order valence-corrected chi connectivity index (χ4v) is 0.773. The van der Waals surface area contributed by atoms with E-state index < -0.39 is 21.2 Å². The normalized spacial score (nSPS) is 7.87. The largest absolute Gasteiger partial charge is 1.00 e. The van der Waals surface area contributed by atoms with Crippen LogP contribution in [0.2, 0.25) is 0 Å². The molecule has 0 N–H and O–H groups in total. The molecule has 15 heavy (non-hydrogen) atoms. The first kappa shape index (κ1) is 16.4. The number of nitro benzene ring substituents is 2. The number of hydrogen-bond donors (Lipinski definition) is 0. The zero-order valence-corrected chi connectivity index (χ0v) is 10.8. The molecule has 1 rings (SSSR count). The topological polar surface area (TPSA) is 86.3 Å². The Labute approximate surface area is 110 Å². The van der Waals surface area contributed by atoms with Crippen molar-refractivity contribution in [2.75, 3.05) is 0 Å². The summed E-state index contributed by atoms with van der Waals surface area (Å²) in [5, 5.41) is 20.5. The fourth-order valence-electron chi connectivity index (χ4n) is 0.773.